The third kappa shape index (κ3) is 2.59. The van der Waals surface area contributed by atoms with Gasteiger partial charge in [0.1, 0.15) is 18.3 Å². The summed E-state index contributed by atoms with van der Waals surface area (Å²) < 4.78 is 5.37. The fourth-order valence-electron chi connectivity index (χ4n) is 3.12. The first kappa shape index (κ1) is 14.6. The van der Waals surface area contributed by atoms with Crippen molar-refractivity contribution < 1.29 is 19.1 Å². The van der Waals surface area contributed by atoms with Crippen LogP contribution in [0.4, 0.5) is 0 Å². The Morgan fingerprint density at radius 2 is 2.27 bits per heavy atom. The van der Waals surface area contributed by atoms with Crippen molar-refractivity contribution in [3.05, 3.63) is 29.6 Å². The van der Waals surface area contributed by atoms with Crippen LogP contribution in [0.3, 0.4) is 0 Å². The Balaban J connectivity index is 1.66. The summed E-state index contributed by atoms with van der Waals surface area (Å²) in [5.41, 5.74) is 6.11. The highest BCUT2D eigenvalue weighted by Crippen LogP contribution is 2.27. The lowest BCUT2D eigenvalue weighted by Crippen LogP contribution is -2.42. The van der Waals surface area contributed by atoms with E-state index < -0.39 is 11.9 Å². The van der Waals surface area contributed by atoms with Gasteiger partial charge in [-0.15, -0.1) is 0 Å². The van der Waals surface area contributed by atoms with Crippen LogP contribution in [-0.2, 0) is 20.7 Å². The van der Waals surface area contributed by atoms with Gasteiger partial charge in [-0.2, -0.15) is 0 Å². The molecule has 2 fully saturated rings. The molecule has 0 saturated carbocycles. The van der Waals surface area contributed by atoms with Gasteiger partial charge in [-0.1, -0.05) is 6.07 Å². The molecule has 22 heavy (non-hydrogen) atoms. The standard InChI is InChI=1S/C15H17N3O4/c16-15(21)13-9(2-1-6-17-13)3-4-12(20)18-7-5-11-14(18)10(19)8-22-11/h1-2,6,11,14H,3-5,7-8H2,(H2,16,21). The summed E-state index contributed by atoms with van der Waals surface area (Å²) in [4.78, 5) is 41.0. The van der Waals surface area contributed by atoms with Gasteiger partial charge in [-0.25, -0.2) is 0 Å². The number of fused-ring (bicyclic) bond motifs is 1. The molecule has 3 rings (SSSR count). The van der Waals surface area contributed by atoms with Crippen molar-refractivity contribution in [3.8, 4) is 0 Å². The minimum atomic E-state index is -0.608. The number of carbonyl (C=O) groups excluding carboxylic acids is 3. The molecular weight excluding hydrogens is 286 g/mol. The lowest BCUT2D eigenvalue weighted by Gasteiger charge is -2.21. The highest BCUT2D eigenvalue weighted by Gasteiger charge is 2.46. The number of nitrogens with zero attached hydrogens (tertiary/aromatic N) is 2. The molecule has 2 unspecified atom stereocenters. The SMILES string of the molecule is NC(=O)c1ncccc1CCC(=O)N1CCC2OCC(=O)C21. The van der Waals surface area contributed by atoms with E-state index in [2.05, 4.69) is 4.98 Å². The number of amides is 2. The summed E-state index contributed by atoms with van der Waals surface area (Å²) in [7, 11) is 0. The van der Waals surface area contributed by atoms with Gasteiger partial charge in [0.2, 0.25) is 5.91 Å². The Labute approximate surface area is 127 Å². The van der Waals surface area contributed by atoms with E-state index in [0.717, 1.165) is 0 Å². The molecular formula is C15H17N3O4. The summed E-state index contributed by atoms with van der Waals surface area (Å²) in [6.45, 7) is 0.628. The Morgan fingerprint density at radius 3 is 3.05 bits per heavy atom. The lowest BCUT2D eigenvalue weighted by atomic mass is 10.1. The summed E-state index contributed by atoms with van der Waals surface area (Å²) >= 11 is 0. The molecule has 2 N–H and O–H groups in total. The zero-order chi connectivity index (χ0) is 15.7. The van der Waals surface area contributed by atoms with Crippen molar-refractivity contribution in [3.63, 3.8) is 0 Å². The number of rotatable bonds is 4. The molecule has 2 amide bonds. The molecule has 2 aliphatic rings. The Hall–Kier alpha value is -2.28. The number of pyridine rings is 1. The zero-order valence-electron chi connectivity index (χ0n) is 12.0. The van der Waals surface area contributed by atoms with E-state index in [4.69, 9.17) is 10.5 Å². The lowest BCUT2D eigenvalue weighted by molar-refractivity contribution is -0.136. The average molecular weight is 303 g/mol. The molecule has 1 aromatic rings. The molecule has 0 aliphatic carbocycles. The highest BCUT2D eigenvalue weighted by atomic mass is 16.5. The first-order valence-corrected chi connectivity index (χ1v) is 7.25. The topological polar surface area (TPSA) is 103 Å². The Kier molecular flexibility index (Phi) is 3.89. The van der Waals surface area contributed by atoms with Crippen LogP contribution in [0.25, 0.3) is 0 Å². The second kappa shape index (κ2) is 5.84. The molecule has 1 aromatic heterocycles. The highest BCUT2D eigenvalue weighted by molar-refractivity contribution is 5.93. The first-order chi connectivity index (χ1) is 10.6. The monoisotopic (exact) mass is 303 g/mol. The molecule has 0 spiro atoms. The predicted molar refractivity (Wildman–Crippen MR) is 75.9 cm³/mol. The average Bonchev–Trinajstić information content (AvgIpc) is 3.08. The normalized spacial score (nSPS) is 23.6. The van der Waals surface area contributed by atoms with Gasteiger partial charge in [-0.05, 0) is 24.5 Å². The molecule has 2 aliphatic heterocycles. The van der Waals surface area contributed by atoms with Gasteiger partial charge in [0.15, 0.2) is 5.78 Å². The van der Waals surface area contributed by atoms with Crippen LogP contribution in [0.15, 0.2) is 18.3 Å². The summed E-state index contributed by atoms with van der Waals surface area (Å²) in [5.74, 6) is -0.746. The maximum Gasteiger partial charge on any atom is 0.267 e. The molecule has 7 heteroatoms. The van der Waals surface area contributed by atoms with Crippen molar-refractivity contribution in [1.82, 2.24) is 9.88 Å². The van der Waals surface area contributed by atoms with Crippen LogP contribution in [0.2, 0.25) is 0 Å². The maximum atomic E-state index is 12.4. The van der Waals surface area contributed by atoms with E-state index in [9.17, 15) is 14.4 Å². The van der Waals surface area contributed by atoms with Crippen molar-refractivity contribution in [2.45, 2.75) is 31.4 Å². The number of aryl methyl sites for hydroxylation is 1. The molecule has 116 valence electrons. The van der Waals surface area contributed by atoms with Crippen LogP contribution in [0, 0.1) is 0 Å². The van der Waals surface area contributed by atoms with Crippen molar-refractivity contribution >= 4 is 17.6 Å². The third-order valence-electron chi connectivity index (χ3n) is 4.17. The number of likely N-dealkylation sites (tertiary alicyclic amines) is 1. The van der Waals surface area contributed by atoms with Crippen molar-refractivity contribution in [2.75, 3.05) is 13.2 Å². The maximum absolute atomic E-state index is 12.4. The first-order valence-electron chi connectivity index (χ1n) is 7.25. The number of ketones is 1. The molecule has 2 atom stereocenters. The second-order valence-corrected chi connectivity index (χ2v) is 5.51. The Bertz CT molecular complexity index is 631. The minimum absolute atomic E-state index is 0.0324. The van der Waals surface area contributed by atoms with Gasteiger partial charge in [-0.3, -0.25) is 19.4 Å². The van der Waals surface area contributed by atoms with Gasteiger partial charge >= 0.3 is 0 Å². The van der Waals surface area contributed by atoms with Crippen molar-refractivity contribution in [2.24, 2.45) is 5.73 Å². The molecule has 0 bridgehead atoms. The van der Waals surface area contributed by atoms with E-state index in [1.54, 1.807) is 17.0 Å². The van der Waals surface area contributed by atoms with E-state index in [-0.39, 0.29) is 36.5 Å². The van der Waals surface area contributed by atoms with E-state index >= 15 is 0 Å². The minimum Gasteiger partial charge on any atom is -0.368 e. The van der Waals surface area contributed by atoms with Gasteiger partial charge in [0.05, 0.1) is 6.10 Å². The number of primary amides is 1. The van der Waals surface area contributed by atoms with E-state index in [1.807, 2.05) is 0 Å². The van der Waals surface area contributed by atoms with E-state index in [0.29, 0.717) is 24.9 Å². The summed E-state index contributed by atoms with van der Waals surface area (Å²) in [6.07, 6.45) is 2.61. The molecule has 7 nitrogen and oxygen atoms in total. The number of hydrogen-bond donors (Lipinski definition) is 1. The fraction of sp³-hybridized carbons (Fsp3) is 0.467. The largest absolute Gasteiger partial charge is 0.368 e. The quantitative estimate of drug-likeness (QED) is 0.821. The van der Waals surface area contributed by atoms with E-state index in [1.165, 1.54) is 6.20 Å². The number of carbonyl (C=O) groups is 3. The van der Waals surface area contributed by atoms with Crippen LogP contribution in [0.5, 0.6) is 0 Å². The van der Waals surface area contributed by atoms with Crippen molar-refractivity contribution in [1.29, 1.82) is 0 Å². The third-order valence-corrected chi connectivity index (χ3v) is 4.17. The molecule has 0 aromatic carbocycles. The van der Waals surface area contributed by atoms with Crippen LogP contribution >= 0.6 is 0 Å². The molecule has 2 saturated heterocycles. The molecule has 3 heterocycles. The predicted octanol–water partition coefficient (Wildman–Crippen LogP) is -0.318. The Morgan fingerprint density at radius 1 is 1.45 bits per heavy atom. The number of Topliss-reactive ketones (excluding diaryl/α,β-unsaturated/α-hetero) is 1. The van der Waals surface area contributed by atoms with Crippen LogP contribution < -0.4 is 5.73 Å². The fourth-order valence-corrected chi connectivity index (χ4v) is 3.12. The van der Waals surface area contributed by atoms with Gasteiger partial charge < -0.3 is 15.4 Å². The number of hydrogen-bond acceptors (Lipinski definition) is 5. The molecule has 0 radical (unpaired) electrons. The van der Waals surface area contributed by atoms with Crippen LogP contribution in [-0.4, -0.2) is 52.8 Å². The van der Waals surface area contributed by atoms with Gasteiger partial charge in [0.25, 0.3) is 5.91 Å². The van der Waals surface area contributed by atoms with Gasteiger partial charge in [0, 0.05) is 19.2 Å². The summed E-state index contributed by atoms with van der Waals surface area (Å²) in [6, 6.07) is 3.00. The number of ether oxygens (including phenoxy) is 1. The number of aromatic nitrogens is 1. The smallest absolute Gasteiger partial charge is 0.267 e. The second-order valence-electron chi connectivity index (χ2n) is 5.51. The number of nitrogens with two attached hydrogens (primary N) is 1. The van der Waals surface area contributed by atoms with Crippen LogP contribution in [0.1, 0.15) is 28.9 Å². The zero-order valence-corrected chi connectivity index (χ0v) is 12.0. The summed E-state index contributed by atoms with van der Waals surface area (Å²) in [5, 5.41) is 0.